The number of aromatic nitrogens is 7. The lowest BCUT2D eigenvalue weighted by Crippen LogP contribution is -2.31. The summed E-state index contributed by atoms with van der Waals surface area (Å²) in [6.07, 6.45) is 7.16. The number of anilines is 2. The average Bonchev–Trinajstić information content (AvgIpc) is 3.45. The molecule has 4 aromatic rings. The molecule has 0 saturated carbocycles. The molecule has 4 N–H and O–H groups in total. The molecule has 0 unspecified atom stereocenters. The molecule has 0 saturated heterocycles. The summed E-state index contributed by atoms with van der Waals surface area (Å²) in [5.74, 6) is -0.133. The smallest absolute Gasteiger partial charge is 0.270 e. The van der Waals surface area contributed by atoms with Gasteiger partial charge in [-0.2, -0.15) is 5.10 Å². The minimum atomic E-state index is -0.611. The number of nitrogens with zero attached hydrogens (tertiary/aromatic N) is 8. The number of nitrogens with one attached hydrogen (secondary N) is 1. The lowest BCUT2D eigenvalue weighted by molar-refractivity contribution is 0.0995. The van der Waals surface area contributed by atoms with Crippen molar-refractivity contribution < 1.29 is 9.90 Å². The zero-order valence-corrected chi connectivity index (χ0v) is 20.1. The summed E-state index contributed by atoms with van der Waals surface area (Å²) >= 11 is 0. The second-order valence-corrected chi connectivity index (χ2v) is 9.04. The van der Waals surface area contributed by atoms with Gasteiger partial charge in [0, 0.05) is 44.6 Å². The third kappa shape index (κ3) is 5.09. The Balaban J connectivity index is 1.49. The third-order valence-corrected chi connectivity index (χ3v) is 6.13. The van der Waals surface area contributed by atoms with Crippen LogP contribution in [-0.4, -0.2) is 69.8 Å². The van der Waals surface area contributed by atoms with Gasteiger partial charge in [0.2, 0.25) is 5.95 Å². The largest absolute Gasteiger partial charge is 0.392 e. The number of benzene rings is 1. The van der Waals surface area contributed by atoms with Crippen molar-refractivity contribution in [1.82, 2.24) is 39.6 Å². The Bertz CT molecular complexity index is 1380. The van der Waals surface area contributed by atoms with Crippen LogP contribution in [-0.2, 0) is 13.6 Å². The van der Waals surface area contributed by atoms with Crippen molar-refractivity contribution in [3.8, 4) is 11.3 Å². The normalized spacial score (nSPS) is 16.8. The molecular weight excluding hydrogens is 460 g/mol. The van der Waals surface area contributed by atoms with Crippen LogP contribution >= 0.6 is 0 Å². The number of primary amides is 1. The van der Waals surface area contributed by atoms with Gasteiger partial charge < -0.3 is 16.2 Å². The summed E-state index contributed by atoms with van der Waals surface area (Å²) < 4.78 is 3.40. The van der Waals surface area contributed by atoms with Crippen LogP contribution in [0.2, 0.25) is 0 Å². The second kappa shape index (κ2) is 9.84. The van der Waals surface area contributed by atoms with E-state index in [4.69, 9.17) is 10.7 Å². The van der Waals surface area contributed by atoms with E-state index >= 15 is 0 Å². The fraction of sp³-hybridized carbons (Fsp3) is 0.333. The highest BCUT2D eigenvalue weighted by Gasteiger charge is 2.26. The van der Waals surface area contributed by atoms with Crippen molar-refractivity contribution in [2.75, 3.05) is 18.4 Å². The number of hydrogen-bond donors (Lipinski definition) is 3. The summed E-state index contributed by atoms with van der Waals surface area (Å²) in [6.45, 7) is 3.74. The Morgan fingerprint density at radius 1 is 1.31 bits per heavy atom. The van der Waals surface area contributed by atoms with E-state index in [-0.39, 0.29) is 11.7 Å². The minimum absolute atomic E-state index is 0.123. The number of nitrogens with two attached hydrogens (primary N) is 1. The van der Waals surface area contributed by atoms with Gasteiger partial charge in [0.15, 0.2) is 5.69 Å². The summed E-state index contributed by atoms with van der Waals surface area (Å²) in [4.78, 5) is 22.8. The zero-order valence-electron chi connectivity index (χ0n) is 20.1. The SMILES string of the molecule is C[C@@H](O)CN1CC[C@H](n2cc(C(N)=O)nn2)c2ccc(-c3ccnc(Nc4cnn(C)c4)n3)cc2C1. The van der Waals surface area contributed by atoms with Crippen LogP contribution < -0.4 is 11.1 Å². The standard InChI is InChI=1S/C24H28N10O2/c1-15(35)11-33-8-6-22(34-14-21(23(25)36)30-31-34)19-4-3-16(9-17(19)12-33)20-5-7-26-24(29-20)28-18-10-27-32(2)13-18/h3-5,7,9-10,13-15,22,35H,6,8,11-12H2,1-2H3,(H2,25,36)(H,26,28,29)/t15-,22+/m1/s1. The van der Waals surface area contributed by atoms with Gasteiger partial charge in [0.25, 0.3) is 5.91 Å². The Kier molecular flexibility index (Phi) is 6.44. The number of aliphatic hydroxyl groups excluding tert-OH is 1. The van der Waals surface area contributed by atoms with Crippen LogP contribution in [0.5, 0.6) is 0 Å². The highest BCUT2D eigenvalue weighted by Crippen LogP contribution is 2.33. The summed E-state index contributed by atoms with van der Waals surface area (Å²) in [6, 6.07) is 7.96. The number of carbonyl (C=O) groups excluding carboxylic acids is 1. The average molecular weight is 489 g/mol. The Hall–Kier alpha value is -4.16. The van der Waals surface area contributed by atoms with Gasteiger partial charge >= 0.3 is 0 Å². The fourth-order valence-corrected chi connectivity index (χ4v) is 4.55. The number of aliphatic hydroxyl groups is 1. The lowest BCUT2D eigenvalue weighted by Gasteiger charge is -2.22. The third-order valence-electron chi connectivity index (χ3n) is 6.13. The maximum absolute atomic E-state index is 11.6. The van der Waals surface area contributed by atoms with Crippen LogP contribution in [0.15, 0.2) is 49.1 Å². The van der Waals surface area contributed by atoms with E-state index in [0.717, 1.165) is 41.0 Å². The topological polar surface area (TPSA) is 153 Å². The number of aryl methyl sites for hydroxylation is 1. The van der Waals surface area contributed by atoms with Crippen LogP contribution in [0.4, 0.5) is 11.6 Å². The summed E-state index contributed by atoms with van der Waals surface area (Å²) in [5, 5.41) is 25.5. The van der Waals surface area contributed by atoms with Gasteiger partial charge in [0.05, 0.1) is 35.9 Å². The predicted octanol–water partition coefficient (Wildman–Crippen LogP) is 1.49. The van der Waals surface area contributed by atoms with Crippen molar-refractivity contribution in [2.45, 2.75) is 32.0 Å². The van der Waals surface area contributed by atoms with Gasteiger partial charge in [-0.05, 0) is 36.6 Å². The Morgan fingerprint density at radius 2 is 2.17 bits per heavy atom. The predicted molar refractivity (Wildman–Crippen MR) is 132 cm³/mol. The summed E-state index contributed by atoms with van der Waals surface area (Å²) in [7, 11) is 1.85. The molecule has 12 heteroatoms. The molecule has 36 heavy (non-hydrogen) atoms. The van der Waals surface area contributed by atoms with Crippen LogP contribution in [0.1, 0.15) is 41.0 Å². The minimum Gasteiger partial charge on any atom is -0.392 e. The van der Waals surface area contributed by atoms with Crippen LogP contribution in [0, 0.1) is 0 Å². The zero-order chi connectivity index (χ0) is 25.2. The molecular formula is C24H28N10O2. The van der Waals surface area contributed by atoms with Crippen LogP contribution in [0.25, 0.3) is 11.3 Å². The molecule has 0 spiro atoms. The molecule has 2 atom stereocenters. The number of fused-ring (bicyclic) bond motifs is 1. The summed E-state index contributed by atoms with van der Waals surface area (Å²) in [5.41, 5.74) is 10.2. The molecule has 4 heterocycles. The molecule has 1 aliphatic rings. The molecule has 0 radical (unpaired) electrons. The van der Waals surface area contributed by atoms with Gasteiger partial charge in [-0.3, -0.25) is 14.4 Å². The molecule has 5 rings (SSSR count). The first-order valence-corrected chi connectivity index (χ1v) is 11.7. The Morgan fingerprint density at radius 3 is 2.89 bits per heavy atom. The van der Waals surface area contributed by atoms with E-state index in [9.17, 15) is 9.90 Å². The van der Waals surface area contributed by atoms with E-state index in [1.54, 1.807) is 34.9 Å². The molecule has 0 aliphatic carbocycles. The maximum Gasteiger partial charge on any atom is 0.270 e. The number of β-amino-alcohol motifs (C(OH)–C–C–N with tert-alkyl or cyclic N) is 1. The van der Waals surface area contributed by atoms with E-state index in [1.807, 2.05) is 25.4 Å². The molecule has 12 nitrogen and oxygen atoms in total. The molecule has 1 amide bonds. The van der Waals surface area contributed by atoms with E-state index < -0.39 is 12.0 Å². The molecule has 186 valence electrons. The fourth-order valence-electron chi connectivity index (χ4n) is 4.55. The van der Waals surface area contributed by atoms with Gasteiger partial charge in [-0.1, -0.05) is 17.3 Å². The van der Waals surface area contributed by atoms with E-state index in [1.165, 1.54) is 0 Å². The first kappa shape index (κ1) is 23.6. The van der Waals surface area contributed by atoms with Crippen molar-refractivity contribution in [2.24, 2.45) is 12.8 Å². The van der Waals surface area contributed by atoms with Gasteiger partial charge in [-0.15, -0.1) is 5.10 Å². The highest BCUT2D eigenvalue weighted by molar-refractivity contribution is 5.90. The lowest BCUT2D eigenvalue weighted by atomic mass is 9.96. The van der Waals surface area contributed by atoms with Crippen molar-refractivity contribution >= 4 is 17.5 Å². The van der Waals surface area contributed by atoms with Crippen molar-refractivity contribution in [1.29, 1.82) is 0 Å². The highest BCUT2D eigenvalue weighted by atomic mass is 16.3. The van der Waals surface area contributed by atoms with Crippen LogP contribution in [0.3, 0.4) is 0 Å². The molecule has 0 bridgehead atoms. The van der Waals surface area contributed by atoms with E-state index in [2.05, 4.69) is 42.7 Å². The quantitative estimate of drug-likeness (QED) is 0.351. The Labute approximate surface area is 207 Å². The van der Waals surface area contributed by atoms with E-state index in [0.29, 0.717) is 19.0 Å². The molecule has 0 fully saturated rings. The van der Waals surface area contributed by atoms with Crippen molar-refractivity contribution in [3.05, 3.63) is 65.9 Å². The number of hydrogen-bond acceptors (Lipinski definition) is 9. The number of rotatable bonds is 7. The molecule has 1 aliphatic heterocycles. The molecule has 1 aromatic carbocycles. The first-order valence-electron chi connectivity index (χ1n) is 11.7. The van der Waals surface area contributed by atoms with Gasteiger partial charge in [0.1, 0.15) is 0 Å². The van der Waals surface area contributed by atoms with Crippen molar-refractivity contribution in [3.63, 3.8) is 0 Å². The number of amides is 1. The monoisotopic (exact) mass is 488 g/mol. The molecule has 3 aromatic heterocycles. The second-order valence-electron chi connectivity index (χ2n) is 9.04. The maximum atomic E-state index is 11.6. The first-order chi connectivity index (χ1) is 17.4. The van der Waals surface area contributed by atoms with Gasteiger partial charge in [-0.25, -0.2) is 14.6 Å². The number of carbonyl (C=O) groups is 1.